The monoisotopic (exact) mass is 245 g/mol. The highest BCUT2D eigenvalue weighted by molar-refractivity contribution is 7.80. The maximum Gasteiger partial charge on any atom is 0.126 e. The summed E-state index contributed by atoms with van der Waals surface area (Å²) in [4.78, 5) is 0. The quantitative estimate of drug-likeness (QED) is 0.796. The van der Waals surface area contributed by atoms with Gasteiger partial charge in [-0.2, -0.15) is 12.6 Å². The van der Waals surface area contributed by atoms with Gasteiger partial charge in [0, 0.05) is 22.4 Å². The van der Waals surface area contributed by atoms with Gasteiger partial charge in [0.25, 0.3) is 0 Å². The first kappa shape index (κ1) is 12.7. The first-order valence-electron chi connectivity index (χ1n) is 4.76. The van der Waals surface area contributed by atoms with Crippen molar-refractivity contribution in [2.75, 3.05) is 19.9 Å². The van der Waals surface area contributed by atoms with Crippen LogP contribution in [-0.4, -0.2) is 19.9 Å². The normalized spacial score (nSPS) is 12.6. The minimum absolute atomic E-state index is 0.153. The van der Waals surface area contributed by atoms with E-state index in [9.17, 15) is 0 Å². The fourth-order valence-corrected chi connectivity index (χ4v) is 2.30. The summed E-state index contributed by atoms with van der Waals surface area (Å²) >= 11 is 10.3. The molecule has 0 spiro atoms. The van der Waals surface area contributed by atoms with E-state index in [1.807, 2.05) is 26.1 Å². The maximum absolute atomic E-state index is 6.03. The number of benzene rings is 1. The smallest absolute Gasteiger partial charge is 0.126 e. The van der Waals surface area contributed by atoms with Crippen LogP contribution in [0.2, 0.25) is 5.02 Å². The molecule has 15 heavy (non-hydrogen) atoms. The second-order valence-electron chi connectivity index (χ2n) is 3.37. The van der Waals surface area contributed by atoms with Gasteiger partial charge in [-0.25, -0.2) is 0 Å². The summed E-state index contributed by atoms with van der Waals surface area (Å²) in [5, 5.41) is 3.91. The third-order valence-corrected chi connectivity index (χ3v) is 2.96. The number of nitrogens with one attached hydrogen (secondary N) is 1. The molecule has 1 unspecified atom stereocenters. The van der Waals surface area contributed by atoms with Gasteiger partial charge in [0.2, 0.25) is 0 Å². The second kappa shape index (κ2) is 5.64. The van der Waals surface area contributed by atoms with E-state index < -0.39 is 0 Å². The molecule has 1 atom stereocenters. The molecule has 1 aromatic carbocycles. The highest BCUT2D eigenvalue weighted by atomic mass is 35.5. The summed E-state index contributed by atoms with van der Waals surface area (Å²) in [6, 6.07) is 3.97. The van der Waals surface area contributed by atoms with E-state index in [1.165, 1.54) is 0 Å². The van der Waals surface area contributed by atoms with Crippen LogP contribution in [0.4, 0.5) is 0 Å². The van der Waals surface area contributed by atoms with Crippen LogP contribution in [0.3, 0.4) is 0 Å². The minimum atomic E-state index is 0.153. The SMILES string of the molecule is CNC(CS)c1cc(Cl)cc(C)c1OC. The zero-order valence-electron chi connectivity index (χ0n) is 9.17. The van der Waals surface area contributed by atoms with Gasteiger partial charge in [-0.05, 0) is 31.7 Å². The highest BCUT2D eigenvalue weighted by Crippen LogP contribution is 2.32. The van der Waals surface area contributed by atoms with Crippen molar-refractivity contribution >= 4 is 24.2 Å². The van der Waals surface area contributed by atoms with Crippen LogP contribution in [0.25, 0.3) is 0 Å². The number of methoxy groups -OCH3 is 1. The Morgan fingerprint density at radius 3 is 2.67 bits per heavy atom. The molecular formula is C11H16ClNOS. The van der Waals surface area contributed by atoms with Crippen LogP contribution in [0.1, 0.15) is 17.2 Å². The number of aryl methyl sites for hydroxylation is 1. The van der Waals surface area contributed by atoms with Gasteiger partial charge in [-0.1, -0.05) is 11.6 Å². The highest BCUT2D eigenvalue weighted by Gasteiger charge is 2.15. The average Bonchev–Trinajstić information content (AvgIpc) is 2.19. The number of thiol groups is 1. The summed E-state index contributed by atoms with van der Waals surface area (Å²) in [7, 11) is 3.57. The van der Waals surface area contributed by atoms with Crippen molar-refractivity contribution in [2.24, 2.45) is 0 Å². The lowest BCUT2D eigenvalue weighted by molar-refractivity contribution is 0.401. The van der Waals surface area contributed by atoms with Gasteiger partial charge in [-0.3, -0.25) is 0 Å². The van der Waals surface area contributed by atoms with Crippen molar-refractivity contribution < 1.29 is 4.74 Å². The predicted octanol–water partition coefficient (Wildman–Crippen LogP) is 2.85. The summed E-state index contributed by atoms with van der Waals surface area (Å²) in [5.41, 5.74) is 2.10. The van der Waals surface area contributed by atoms with Crippen molar-refractivity contribution in [3.8, 4) is 5.75 Å². The molecule has 0 aliphatic rings. The van der Waals surface area contributed by atoms with Crippen molar-refractivity contribution in [3.63, 3.8) is 0 Å². The Kier molecular flexibility index (Phi) is 4.77. The first-order chi connectivity index (χ1) is 7.13. The van der Waals surface area contributed by atoms with Crippen molar-refractivity contribution in [1.29, 1.82) is 0 Å². The molecule has 1 rings (SSSR count). The van der Waals surface area contributed by atoms with Crippen LogP contribution in [0.15, 0.2) is 12.1 Å². The van der Waals surface area contributed by atoms with E-state index in [2.05, 4.69) is 17.9 Å². The third-order valence-electron chi connectivity index (χ3n) is 2.38. The zero-order chi connectivity index (χ0) is 11.4. The molecule has 4 heteroatoms. The molecule has 0 aliphatic carbocycles. The summed E-state index contributed by atoms with van der Waals surface area (Å²) < 4.78 is 5.38. The van der Waals surface area contributed by atoms with Gasteiger partial charge in [0.05, 0.1) is 7.11 Å². The molecule has 1 N–H and O–H groups in total. The van der Waals surface area contributed by atoms with E-state index in [-0.39, 0.29) is 6.04 Å². The van der Waals surface area contributed by atoms with E-state index in [0.717, 1.165) is 21.9 Å². The van der Waals surface area contributed by atoms with E-state index >= 15 is 0 Å². The molecule has 2 nitrogen and oxygen atoms in total. The van der Waals surface area contributed by atoms with Gasteiger partial charge in [0.15, 0.2) is 0 Å². The first-order valence-corrected chi connectivity index (χ1v) is 5.77. The molecule has 0 saturated heterocycles. The third kappa shape index (κ3) is 2.80. The molecule has 0 saturated carbocycles. The van der Waals surface area contributed by atoms with Crippen LogP contribution in [0.5, 0.6) is 5.75 Å². The molecule has 0 aliphatic heterocycles. The Labute approximate surface area is 101 Å². The fourth-order valence-electron chi connectivity index (χ4n) is 1.64. The number of ether oxygens (including phenoxy) is 1. The Morgan fingerprint density at radius 2 is 2.20 bits per heavy atom. The summed E-state index contributed by atoms with van der Waals surface area (Å²) in [5.74, 6) is 1.58. The Hall–Kier alpha value is -0.380. The largest absolute Gasteiger partial charge is 0.496 e. The van der Waals surface area contributed by atoms with Gasteiger partial charge >= 0.3 is 0 Å². The zero-order valence-corrected chi connectivity index (χ0v) is 10.8. The lowest BCUT2D eigenvalue weighted by Crippen LogP contribution is -2.18. The summed E-state index contributed by atoms with van der Waals surface area (Å²) in [6.45, 7) is 1.99. The maximum atomic E-state index is 6.03. The van der Waals surface area contributed by atoms with Gasteiger partial charge in [0.1, 0.15) is 5.75 Å². The average molecular weight is 246 g/mol. The minimum Gasteiger partial charge on any atom is -0.496 e. The predicted molar refractivity (Wildman–Crippen MR) is 68.4 cm³/mol. The Bertz CT molecular complexity index is 340. The molecule has 1 aromatic rings. The number of halogens is 1. The van der Waals surface area contributed by atoms with E-state index in [1.54, 1.807) is 7.11 Å². The van der Waals surface area contributed by atoms with Gasteiger partial charge < -0.3 is 10.1 Å². The van der Waals surface area contributed by atoms with Crippen molar-refractivity contribution in [1.82, 2.24) is 5.32 Å². The fraction of sp³-hybridized carbons (Fsp3) is 0.455. The van der Waals surface area contributed by atoms with Crippen LogP contribution >= 0.6 is 24.2 Å². The lowest BCUT2D eigenvalue weighted by Gasteiger charge is -2.19. The molecule has 0 aromatic heterocycles. The number of hydrogen-bond donors (Lipinski definition) is 2. The van der Waals surface area contributed by atoms with Crippen LogP contribution < -0.4 is 10.1 Å². The molecule has 0 amide bonds. The van der Waals surface area contributed by atoms with Crippen LogP contribution in [0, 0.1) is 6.92 Å². The molecular weight excluding hydrogens is 230 g/mol. The molecule has 0 fully saturated rings. The second-order valence-corrected chi connectivity index (χ2v) is 4.17. The van der Waals surface area contributed by atoms with Crippen molar-refractivity contribution in [2.45, 2.75) is 13.0 Å². The molecule has 84 valence electrons. The lowest BCUT2D eigenvalue weighted by atomic mass is 10.0. The van der Waals surface area contributed by atoms with Crippen LogP contribution in [-0.2, 0) is 0 Å². The standard InChI is InChI=1S/C11H16ClNOS/c1-7-4-8(12)5-9(11(7)14-3)10(6-15)13-2/h4-5,10,13,15H,6H2,1-3H3. The van der Waals surface area contributed by atoms with E-state index in [0.29, 0.717) is 5.75 Å². The Morgan fingerprint density at radius 1 is 1.53 bits per heavy atom. The van der Waals surface area contributed by atoms with Gasteiger partial charge in [-0.15, -0.1) is 0 Å². The number of rotatable bonds is 4. The number of hydrogen-bond acceptors (Lipinski definition) is 3. The molecule has 0 radical (unpaired) electrons. The van der Waals surface area contributed by atoms with Crippen molar-refractivity contribution in [3.05, 3.63) is 28.3 Å². The molecule has 0 bridgehead atoms. The topological polar surface area (TPSA) is 21.3 Å². The summed E-state index contributed by atoms with van der Waals surface area (Å²) in [6.07, 6.45) is 0. The van der Waals surface area contributed by atoms with E-state index in [4.69, 9.17) is 16.3 Å². The molecule has 0 heterocycles. The Balaban J connectivity index is 3.24.